The molecule has 0 spiro atoms. The van der Waals surface area contributed by atoms with Crippen molar-refractivity contribution in [1.82, 2.24) is 4.90 Å². The molecular formula is C17H19F6NO. The first-order valence-corrected chi connectivity index (χ1v) is 8.18. The molecule has 2 fully saturated rings. The van der Waals surface area contributed by atoms with E-state index in [1.807, 2.05) is 4.90 Å². The second kappa shape index (κ2) is 6.37. The highest BCUT2D eigenvalue weighted by Crippen LogP contribution is 2.52. The topological polar surface area (TPSA) is 12.5 Å². The molecule has 8 heteroatoms. The fourth-order valence-electron chi connectivity index (χ4n) is 3.38. The molecule has 0 bridgehead atoms. The predicted octanol–water partition coefficient (Wildman–Crippen LogP) is 4.89. The summed E-state index contributed by atoms with van der Waals surface area (Å²) in [5, 5.41) is 0. The van der Waals surface area contributed by atoms with Crippen LogP contribution in [0, 0.1) is 5.41 Å². The van der Waals surface area contributed by atoms with Crippen LogP contribution in [0.3, 0.4) is 0 Å². The van der Waals surface area contributed by atoms with E-state index in [-0.39, 0.29) is 24.9 Å². The SMILES string of the molecule is FC(F)C1(CN2CCC(F)(c3cccc(OC(F)(F)F)c3)CC2)CC1. The van der Waals surface area contributed by atoms with Crippen LogP contribution in [0.15, 0.2) is 24.3 Å². The maximum atomic E-state index is 15.2. The Morgan fingerprint density at radius 1 is 1.08 bits per heavy atom. The Morgan fingerprint density at radius 3 is 2.24 bits per heavy atom. The first kappa shape index (κ1) is 18.4. The number of hydrogen-bond acceptors (Lipinski definition) is 2. The van der Waals surface area contributed by atoms with Crippen LogP contribution in [0.25, 0.3) is 0 Å². The van der Waals surface area contributed by atoms with Crippen LogP contribution in [0.5, 0.6) is 5.75 Å². The monoisotopic (exact) mass is 367 g/mol. The first-order chi connectivity index (χ1) is 11.6. The van der Waals surface area contributed by atoms with Gasteiger partial charge in [0.05, 0.1) is 0 Å². The number of halogens is 6. The minimum absolute atomic E-state index is 0.0573. The Morgan fingerprint density at radius 2 is 1.72 bits per heavy atom. The lowest BCUT2D eigenvalue weighted by Gasteiger charge is -2.38. The number of benzene rings is 1. The number of rotatable bonds is 5. The second-order valence-corrected chi connectivity index (χ2v) is 6.98. The molecule has 1 aliphatic carbocycles. The molecule has 1 aliphatic heterocycles. The van der Waals surface area contributed by atoms with E-state index in [0.717, 1.165) is 12.1 Å². The van der Waals surface area contributed by atoms with Crippen molar-refractivity contribution in [2.75, 3.05) is 19.6 Å². The molecule has 1 saturated heterocycles. The highest BCUT2D eigenvalue weighted by molar-refractivity contribution is 5.33. The standard InChI is InChI=1S/C17H19F6NO/c18-14(19)15(4-5-15)11-24-8-6-16(20,7-9-24)12-2-1-3-13(10-12)25-17(21,22)23/h1-3,10,14H,4-9,11H2. The summed E-state index contributed by atoms with van der Waals surface area (Å²) in [6.45, 7) is 0.850. The van der Waals surface area contributed by atoms with Crippen LogP contribution in [0.1, 0.15) is 31.2 Å². The van der Waals surface area contributed by atoms with Gasteiger partial charge in [0.2, 0.25) is 6.43 Å². The van der Waals surface area contributed by atoms with Gasteiger partial charge >= 0.3 is 6.36 Å². The molecule has 1 aromatic rings. The van der Waals surface area contributed by atoms with Crippen LogP contribution in [0.2, 0.25) is 0 Å². The third kappa shape index (κ3) is 4.22. The molecule has 1 aromatic carbocycles. The van der Waals surface area contributed by atoms with Crippen molar-refractivity contribution in [3.8, 4) is 5.75 Å². The number of ether oxygens (including phenoxy) is 1. The van der Waals surface area contributed by atoms with E-state index >= 15 is 4.39 Å². The fraction of sp³-hybridized carbons (Fsp3) is 0.647. The molecule has 0 unspecified atom stereocenters. The molecule has 140 valence electrons. The van der Waals surface area contributed by atoms with Crippen LogP contribution in [-0.2, 0) is 5.67 Å². The minimum atomic E-state index is -4.83. The zero-order chi connectivity index (χ0) is 18.3. The largest absolute Gasteiger partial charge is 0.573 e. The number of likely N-dealkylation sites (tertiary alicyclic amines) is 1. The van der Waals surface area contributed by atoms with Gasteiger partial charge < -0.3 is 9.64 Å². The maximum absolute atomic E-state index is 15.2. The average molecular weight is 367 g/mol. The zero-order valence-electron chi connectivity index (χ0n) is 13.5. The molecule has 1 heterocycles. The lowest BCUT2D eigenvalue weighted by Crippen LogP contribution is -2.43. The van der Waals surface area contributed by atoms with Gasteiger partial charge in [-0.2, -0.15) is 0 Å². The fourth-order valence-corrected chi connectivity index (χ4v) is 3.38. The summed E-state index contributed by atoms with van der Waals surface area (Å²) in [6.07, 6.45) is -6.12. The lowest BCUT2D eigenvalue weighted by molar-refractivity contribution is -0.274. The van der Waals surface area contributed by atoms with E-state index in [0.29, 0.717) is 25.9 Å². The summed E-state index contributed by atoms with van der Waals surface area (Å²) in [4.78, 5) is 1.83. The van der Waals surface area contributed by atoms with E-state index in [1.54, 1.807) is 0 Å². The Bertz CT molecular complexity index is 605. The molecule has 0 amide bonds. The second-order valence-electron chi connectivity index (χ2n) is 6.98. The summed E-state index contributed by atoms with van der Waals surface area (Å²) in [5.74, 6) is -0.459. The Kier molecular flexibility index (Phi) is 4.68. The summed E-state index contributed by atoms with van der Waals surface area (Å²) in [7, 11) is 0. The molecular weight excluding hydrogens is 348 g/mol. The predicted molar refractivity (Wildman–Crippen MR) is 79.3 cm³/mol. The number of hydrogen-bond donors (Lipinski definition) is 0. The van der Waals surface area contributed by atoms with Gasteiger partial charge in [-0.25, -0.2) is 13.2 Å². The van der Waals surface area contributed by atoms with E-state index in [1.165, 1.54) is 12.1 Å². The number of alkyl halides is 6. The Hall–Kier alpha value is -1.44. The zero-order valence-corrected chi connectivity index (χ0v) is 13.5. The van der Waals surface area contributed by atoms with E-state index < -0.39 is 29.6 Å². The van der Waals surface area contributed by atoms with Gasteiger partial charge in [0.25, 0.3) is 0 Å². The summed E-state index contributed by atoms with van der Waals surface area (Å²) in [6, 6.07) is 4.93. The van der Waals surface area contributed by atoms with Gasteiger partial charge in [0.1, 0.15) is 11.4 Å². The maximum Gasteiger partial charge on any atom is 0.573 e. The molecule has 0 N–H and O–H groups in total. The molecule has 0 aromatic heterocycles. The van der Waals surface area contributed by atoms with E-state index in [4.69, 9.17) is 0 Å². The molecule has 0 radical (unpaired) electrons. The van der Waals surface area contributed by atoms with Crippen LogP contribution >= 0.6 is 0 Å². The van der Waals surface area contributed by atoms with Gasteiger partial charge in [-0.15, -0.1) is 13.2 Å². The van der Waals surface area contributed by atoms with E-state index in [9.17, 15) is 22.0 Å². The van der Waals surface area contributed by atoms with Crippen molar-refractivity contribution in [2.24, 2.45) is 5.41 Å². The normalized spacial score (nSPS) is 22.8. The highest BCUT2D eigenvalue weighted by atomic mass is 19.4. The summed E-state index contributed by atoms with van der Waals surface area (Å²) < 4.78 is 82.0. The Labute approximate surface area is 141 Å². The highest BCUT2D eigenvalue weighted by Gasteiger charge is 2.52. The average Bonchev–Trinajstić information content (AvgIpc) is 3.29. The van der Waals surface area contributed by atoms with E-state index in [2.05, 4.69) is 4.74 Å². The van der Waals surface area contributed by atoms with Crippen LogP contribution < -0.4 is 4.74 Å². The molecule has 1 saturated carbocycles. The van der Waals surface area contributed by atoms with Crippen molar-refractivity contribution < 1.29 is 31.1 Å². The molecule has 2 aliphatic rings. The van der Waals surface area contributed by atoms with Crippen LogP contribution in [-0.4, -0.2) is 37.3 Å². The van der Waals surface area contributed by atoms with Crippen molar-refractivity contribution in [1.29, 1.82) is 0 Å². The van der Waals surface area contributed by atoms with Crippen molar-refractivity contribution in [3.05, 3.63) is 29.8 Å². The smallest absolute Gasteiger partial charge is 0.406 e. The van der Waals surface area contributed by atoms with Gasteiger partial charge in [-0.05, 0) is 43.4 Å². The van der Waals surface area contributed by atoms with Gasteiger partial charge in [0.15, 0.2) is 0 Å². The summed E-state index contributed by atoms with van der Waals surface area (Å²) in [5.41, 5.74) is -2.59. The number of nitrogens with zero attached hydrogens (tertiary/aromatic N) is 1. The van der Waals surface area contributed by atoms with Crippen molar-refractivity contribution >= 4 is 0 Å². The quantitative estimate of drug-likeness (QED) is 0.687. The van der Waals surface area contributed by atoms with Crippen molar-refractivity contribution in [3.63, 3.8) is 0 Å². The van der Waals surface area contributed by atoms with Gasteiger partial charge in [0, 0.05) is 25.0 Å². The molecule has 25 heavy (non-hydrogen) atoms. The lowest BCUT2D eigenvalue weighted by atomic mass is 9.85. The van der Waals surface area contributed by atoms with Gasteiger partial charge in [-0.3, -0.25) is 0 Å². The summed E-state index contributed by atoms with van der Waals surface area (Å²) >= 11 is 0. The van der Waals surface area contributed by atoms with Crippen LogP contribution in [0.4, 0.5) is 26.3 Å². The number of piperidine rings is 1. The third-order valence-corrected chi connectivity index (χ3v) is 5.13. The first-order valence-electron chi connectivity index (χ1n) is 8.18. The minimum Gasteiger partial charge on any atom is -0.406 e. The Balaban J connectivity index is 1.63. The molecule has 3 rings (SSSR count). The van der Waals surface area contributed by atoms with Gasteiger partial charge in [-0.1, -0.05) is 12.1 Å². The third-order valence-electron chi connectivity index (χ3n) is 5.13. The molecule has 2 nitrogen and oxygen atoms in total. The van der Waals surface area contributed by atoms with Crippen molar-refractivity contribution in [2.45, 2.75) is 44.1 Å². The molecule has 0 atom stereocenters.